The molecule has 1 aromatic rings. The van der Waals surface area contributed by atoms with Gasteiger partial charge in [-0.15, -0.1) is 0 Å². The number of piperidine rings is 1. The zero-order chi connectivity index (χ0) is 18.6. The molecule has 0 spiro atoms. The van der Waals surface area contributed by atoms with Gasteiger partial charge in [-0.2, -0.15) is 0 Å². The van der Waals surface area contributed by atoms with Gasteiger partial charge in [0.1, 0.15) is 5.82 Å². The number of hydrogen-bond donors (Lipinski definition) is 2. The summed E-state index contributed by atoms with van der Waals surface area (Å²) in [6.45, 7) is 1.42. The Balaban J connectivity index is 1.46. The first kappa shape index (κ1) is 19.7. The van der Waals surface area contributed by atoms with E-state index >= 15 is 0 Å². The lowest BCUT2D eigenvalue weighted by atomic mass is 9.83. The molecular weight excluding hydrogens is 355 g/mol. The molecule has 2 aliphatic rings. The smallest absolute Gasteiger partial charge is 0.209 e. The van der Waals surface area contributed by atoms with E-state index in [-0.39, 0.29) is 24.0 Å². The lowest BCUT2D eigenvalue weighted by Crippen LogP contribution is -2.55. The maximum Gasteiger partial charge on any atom is 0.209 e. The van der Waals surface area contributed by atoms with Gasteiger partial charge in [0.05, 0.1) is 19.0 Å². The largest absolute Gasteiger partial charge is 0.377 e. The highest BCUT2D eigenvalue weighted by Gasteiger charge is 2.29. The van der Waals surface area contributed by atoms with Gasteiger partial charge in [-0.1, -0.05) is 12.1 Å². The molecule has 1 aliphatic carbocycles. The first-order valence-electron chi connectivity index (χ1n) is 9.48. The van der Waals surface area contributed by atoms with Crippen LogP contribution < -0.4 is 10.0 Å². The van der Waals surface area contributed by atoms with Crippen LogP contribution in [0.4, 0.5) is 4.39 Å². The van der Waals surface area contributed by atoms with Gasteiger partial charge < -0.3 is 10.1 Å². The fraction of sp³-hybridized carbons (Fsp3) is 0.684. The van der Waals surface area contributed by atoms with Crippen LogP contribution in [0.5, 0.6) is 0 Å². The second-order valence-corrected chi connectivity index (χ2v) is 9.34. The fourth-order valence-electron chi connectivity index (χ4n) is 4.08. The summed E-state index contributed by atoms with van der Waals surface area (Å²) in [5, 5.41) is 3.38. The monoisotopic (exact) mass is 384 g/mol. The third-order valence-electron chi connectivity index (χ3n) is 5.48. The molecule has 7 heteroatoms. The number of nitrogens with one attached hydrogen (secondary N) is 2. The first-order chi connectivity index (χ1) is 12.4. The number of rotatable bonds is 6. The van der Waals surface area contributed by atoms with Crippen LogP contribution in [0, 0.1) is 5.82 Å². The minimum atomic E-state index is -3.21. The van der Waals surface area contributed by atoms with Gasteiger partial charge in [0.15, 0.2) is 0 Å². The van der Waals surface area contributed by atoms with Gasteiger partial charge in [0.2, 0.25) is 10.0 Å². The van der Waals surface area contributed by atoms with Crippen molar-refractivity contribution in [1.82, 2.24) is 10.0 Å². The SMILES string of the molecule is CS(=O)(=O)N[C@H]1CCCN[C@H]1COC1CCC(c2ccc(F)cc2)CC1. The van der Waals surface area contributed by atoms with Gasteiger partial charge in [0, 0.05) is 12.1 Å². The van der Waals surface area contributed by atoms with E-state index in [9.17, 15) is 12.8 Å². The molecule has 26 heavy (non-hydrogen) atoms. The Labute approximate surface area is 155 Å². The van der Waals surface area contributed by atoms with Crippen molar-refractivity contribution < 1.29 is 17.5 Å². The Hall–Kier alpha value is -1.02. The summed E-state index contributed by atoms with van der Waals surface area (Å²) in [5.74, 6) is 0.283. The van der Waals surface area contributed by atoms with Crippen molar-refractivity contribution in [3.63, 3.8) is 0 Å². The molecule has 0 unspecified atom stereocenters. The first-order valence-corrected chi connectivity index (χ1v) is 11.4. The molecule has 146 valence electrons. The van der Waals surface area contributed by atoms with E-state index in [1.807, 2.05) is 12.1 Å². The molecule has 1 saturated carbocycles. The van der Waals surface area contributed by atoms with Crippen LogP contribution in [0.2, 0.25) is 0 Å². The topological polar surface area (TPSA) is 67.4 Å². The zero-order valence-electron chi connectivity index (χ0n) is 15.3. The third kappa shape index (κ3) is 5.74. The summed E-state index contributed by atoms with van der Waals surface area (Å²) in [7, 11) is -3.21. The molecule has 1 aliphatic heterocycles. The number of ether oxygens (including phenoxy) is 1. The van der Waals surface area contributed by atoms with E-state index in [1.165, 1.54) is 24.0 Å². The molecule has 0 amide bonds. The maximum absolute atomic E-state index is 13.1. The molecule has 3 rings (SSSR count). The van der Waals surface area contributed by atoms with Gasteiger partial charge in [0.25, 0.3) is 0 Å². The van der Waals surface area contributed by atoms with Crippen molar-refractivity contribution in [2.24, 2.45) is 0 Å². The predicted molar refractivity (Wildman–Crippen MR) is 100 cm³/mol. The van der Waals surface area contributed by atoms with Crippen molar-refractivity contribution in [2.45, 2.75) is 62.6 Å². The van der Waals surface area contributed by atoms with Crippen LogP contribution in [0.15, 0.2) is 24.3 Å². The van der Waals surface area contributed by atoms with Gasteiger partial charge >= 0.3 is 0 Å². The summed E-state index contributed by atoms with van der Waals surface area (Å²) < 4.78 is 45.0. The zero-order valence-corrected chi connectivity index (χ0v) is 16.1. The molecule has 2 fully saturated rings. The van der Waals surface area contributed by atoms with E-state index in [1.54, 1.807) is 0 Å². The lowest BCUT2D eigenvalue weighted by Gasteiger charge is -2.35. The van der Waals surface area contributed by atoms with Crippen LogP contribution in [0.25, 0.3) is 0 Å². The third-order valence-corrected chi connectivity index (χ3v) is 6.21. The van der Waals surface area contributed by atoms with Crippen molar-refractivity contribution in [1.29, 1.82) is 0 Å². The van der Waals surface area contributed by atoms with E-state index in [2.05, 4.69) is 10.0 Å². The Bertz CT molecular complexity index is 673. The van der Waals surface area contributed by atoms with Crippen LogP contribution >= 0.6 is 0 Å². The van der Waals surface area contributed by atoms with Crippen LogP contribution in [0.1, 0.15) is 50.0 Å². The van der Waals surface area contributed by atoms with Gasteiger partial charge in [-0.05, 0) is 68.7 Å². The molecule has 2 N–H and O–H groups in total. The minimum absolute atomic E-state index is 0.0216. The maximum atomic E-state index is 13.1. The summed E-state index contributed by atoms with van der Waals surface area (Å²) in [6.07, 6.45) is 7.28. The normalized spacial score (nSPS) is 30.2. The van der Waals surface area contributed by atoms with Gasteiger partial charge in [-0.3, -0.25) is 0 Å². The van der Waals surface area contributed by atoms with Crippen LogP contribution in [-0.4, -0.2) is 46.0 Å². The van der Waals surface area contributed by atoms with E-state index in [4.69, 9.17) is 4.74 Å². The second kappa shape index (κ2) is 8.78. The van der Waals surface area contributed by atoms with Gasteiger partial charge in [-0.25, -0.2) is 17.5 Å². The molecule has 1 heterocycles. The average Bonchev–Trinajstić information content (AvgIpc) is 2.61. The summed E-state index contributed by atoms with van der Waals surface area (Å²) in [4.78, 5) is 0. The number of halogens is 1. The molecule has 2 atom stereocenters. The number of hydrogen-bond acceptors (Lipinski definition) is 4. The Kier molecular flexibility index (Phi) is 6.66. The lowest BCUT2D eigenvalue weighted by molar-refractivity contribution is 0.00523. The molecule has 0 radical (unpaired) electrons. The van der Waals surface area contributed by atoms with Crippen molar-refractivity contribution in [3.8, 4) is 0 Å². The summed E-state index contributed by atoms with van der Waals surface area (Å²) in [5.41, 5.74) is 1.20. The quantitative estimate of drug-likeness (QED) is 0.791. The molecule has 0 aromatic heterocycles. The summed E-state index contributed by atoms with van der Waals surface area (Å²) in [6, 6.07) is 6.74. The number of sulfonamides is 1. The molecule has 1 saturated heterocycles. The second-order valence-electron chi connectivity index (χ2n) is 7.56. The Morgan fingerprint density at radius 3 is 2.50 bits per heavy atom. The van der Waals surface area contributed by atoms with Crippen LogP contribution in [0.3, 0.4) is 0 Å². The Morgan fingerprint density at radius 1 is 1.15 bits per heavy atom. The molecule has 0 bridgehead atoms. The highest BCUT2D eigenvalue weighted by molar-refractivity contribution is 7.88. The standard InChI is InChI=1S/C19H29FN2O3S/c1-26(23,24)22-18-3-2-12-21-19(18)13-25-17-10-6-15(7-11-17)14-4-8-16(20)9-5-14/h4-5,8-9,15,17-19,21-22H,2-3,6-7,10-13H2,1H3/t15?,17?,18-,19-/m0/s1. The molecule has 1 aromatic carbocycles. The molecular formula is C19H29FN2O3S. The summed E-state index contributed by atoms with van der Waals surface area (Å²) >= 11 is 0. The fourth-order valence-corrected chi connectivity index (χ4v) is 4.91. The van der Waals surface area contributed by atoms with E-state index in [0.717, 1.165) is 45.1 Å². The Morgan fingerprint density at radius 2 is 1.85 bits per heavy atom. The van der Waals surface area contributed by atoms with Crippen molar-refractivity contribution in [2.75, 3.05) is 19.4 Å². The van der Waals surface area contributed by atoms with Crippen LogP contribution in [-0.2, 0) is 14.8 Å². The van der Waals surface area contributed by atoms with E-state index < -0.39 is 10.0 Å². The minimum Gasteiger partial charge on any atom is -0.377 e. The highest BCUT2D eigenvalue weighted by Crippen LogP contribution is 2.34. The number of benzene rings is 1. The van der Waals surface area contributed by atoms with E-state index in [0.29, 0.717) is 12.5 Å². The average molecular weight is 385 g/mol. The highest BCUT2D eigenvalue weighted by atomic mass is 32.2. The molecule has 5 nitrogen and oxygen atoms in total. The van der Waals surface area contributed by atoms with Crippen molar-refractivity contribution >= 4 is 10.0 Å². The van der Waals surface area contributed by atoms with Crippen molar-refractivity contribution in [3.05, 3.63) is 35.6 Å². The predicted octanol–water partition coefficient (Wildman–Crippen LogP) is 2.54.